The van der Waals surface area contributed by atoms with Crippen LogP contribution in [0.3, 0.4) is 0 Å². The number of rotatable bonds is 8. The Kier molecular flexibility index (Phi) is 13.0. The third-order valence-electron chi connectivity index (χ3n) is 5.01. The molecule has 0 saturated carbocycles. The van der Waals surface area contributed by atoms with Crippen LogP contribution in [0.5, 0.6) is 0 Å². The zero-order chi connectivity index (χ0) is 21.8. The Hall–Kier alpha value is -2.04. The van der Waals surface area contributed by atoms with Crippen molar-refractivity contribution in [1.82, 2.24) is 20.4 Å². The molecular weight excluding hydrogens is 509 g/mol. The fourth-order valence-electron chi connectivity index (χ4n) is 3.20. The van der Waals surface area contributed by atoms with Crippen molar-refractivity contribution >= 4 is 41.9 Å². The second kappa shape index (κ2) is 14.9. The lowest BCUT2D eigenvalue weighted by molar-refractivity contribution is -0.127. The van der Waals surface area contributed by atoms with Gasteiger partial charge in [0, 0.05) is 39.8 Å². The van der Waals surface area contributed by atoms with Crippen molar-refractivity contribution in [1.29, 1.82) is 0 Å². The highest BCUT2D eigenvalue weighted by atomic mass is 127. The molecule has 1 aliphatic heterocycles. The molecule has 1 aromatic carbocycles. The van der Waals surface area contributed by atoms with E-state index in [2.05, 4.69) is 27.8 Å². The zero-order valence-electron chi connectivity index (χ0n) is 18.8. The van der Waals surface area contributed by atoms with Crippen molar-refractivity contribution in [3.8, 4) is 0 Å². The monoisotopic (exact) mass is 545 g/mol. The summed E-state index contributed by atoms with van der Waals surface area (Å²) in [6.07, 6.45) is 3.32. The summed E-state index contributed by atoms with van der Waals surface area (Å²) in [5.41, 5.74) is 1.31. The van der Waals surface area contributed by atoms with E-state index >= 15 is 0 Å². The Labute approximate surface area is 202 Å². The number of halogens is 1. The molecule has 8 nitrogen and oxygen atoms in total. The molecule has 0 spiro atoms. The minimum atomic E-state index is -0.250. The van der Waals surface area contributed by atoms with Crippen LogP contribution in [0.15, 0.2) is 35.3 Å². The summed E-state index contributed by atoms with van der Waals surface area (Å²) in [5.74, 6) is 0.602. The van der Waals surface area contributed by atoms with Gasteiger partial charge in [-0.15, -0.1) is 24.0 Å². The van der Waals surface area contributed by atoms with Crippen molar-refractivity contribution in [3.05, 3.63) is 35.9 Å². The highest BCUT2D eigenvalue weighted by Gasteiger charge is 2.24. The summed E-state index contributed by atoms with van der Waals surface area (Å²) in [6, 6.07) is 10.6. The number of ether oxygens (including phenoxy) is 1. The molecule has 1 aliphatic rings. The lowest BCUT2D eigenvalue weighted by Gasteiger charge is -2.32. The van der Waals surface area contributed by atoms with E-state index in [0.717, 1.165) is 32.2 Å². The molecule has 31 heavy (non-hydrogen) atoms. The molecule has 2 rings (SSSR count). The molecule has 1 fully saturated rings. The predicted octanol–water partition coefficient (Wildman–Crippen LogP) is 2.48. The maximum absolute atomic E-state index is 11.9. The van der Waals surface area contributed by atoms with E-state index < -0.39 is 0 Å². The standard InChI is InChI=1S/C22H35N5O3.HI/c1-4-30-22(29)27-15-12-19(13-16-27)25-21(24-17-20(28)26(2)3)23-14-8-11-18-9-6-5-7-10-18;/h5-7,9-10,19H,4,8,11-17H2,1-3H3,(H2,23,24,25);1H. The minimum absolute atomic E-state index is 0. The highest BCUT2D eigenvalue weighted by Crippen LogP contribution is 2.11. The average molecular weight is 545 g/mol. The van der Waals surface area contributed by atoms with E-state index in [0.29, 0.717) is 25.7 Å². The molecule has 0 radical (unpaired) electrons. The number of nitrogens with one attached hydrogen (secondary N) is 2. The minimum Gasteiger partial charge on any atom is -0.450 e. The van der Waals surface area contributed by atoms with Gasteiger partial charge < -0.3 is 25.2 Å². The molecule has 1 heterocycles. The van der Waals surface area contributed by atoms with Crippen LogP contribution < -0.4 is 10.6 Å². The maximum Gasteiger partial charge on any atom is 0.409 e. The Bertz CT molecular complexity index is 692. The number of hydrogen-bond donors (Lipinski definition) is 2. The summed E-state index contributed by atoms with van der Waals surface area (Å²) in [4.78, 5) is 31.5. The Morgan fingerprint density at radius 3 is 2.48 bits per heavy atom. The van der Waals surface area contributed by atoms with E-state index in [-0.39, 0.29) is 48.6 Å². The van der Waals surface area contributed by atoms with Crippen LogP contribution >= 0.6 is 24.0 Å². The van der Waals surface area contributed by atoms with E-state index in [1.807, 2.05) is 25.1 Å². The van der Waals surface area contributed by atoms with E-state index in [9.17, 15) is 9.59 Å². The van der Waals surface area contributed by atoms with Crippen molar-refractivity contribution in [2.75, 3.05) is 46.9 Å². The first kappa shape index (κ1) is 27.0. The SMILES string of the molecule is CCOC(=O)N1CCC(NC(=NCC(=O)N(C)C)NCCCc2ccccc2)CC1.I. The maximum atomic E-state index is 11.9. The molecule has 9 heteroatoms. The molecule has 2 amide bonds. The smallest absolute Gasteiger partial charge is 0.409 e. The number of aliphatic imine (C=N–C) groups is 1. The molecular formula is C22H36IN5O3. The second-order valence-electron chi connectivity index (χ2n) is 7.57. The fourth-order valence-corrected chi connectivity index (χ4v) is 3.20. The van der Waals surface area contributed by atoms with Gasteiger partial charge in [0.15, 0.2) is 5.96 Å². The Balaban J connectivity index is 0.00000480. The summed E-state index contributed by atoms with van der Waals surface area (Å²) < 4.78 is 5.08. The van der Waals surface area contributed by atoms with Crippen LogP contribution in [0, 0.1) is 0 Å². The number of likely N-dealkylation sites (tertiary alicyclic amines) is 1. The van der Waals surface area contributed by atoms with Gasteiger partial charge in [-0.05, 0) is 38.2 Å². The van der Waals surface area contributed by atoms with Crippen molar-refractivity contribution in [2.24, 2.45) is 4.99 Å². The molecule has 1 saturated heterocycles. The third kappa shape index (κ3) is 10.2. The molecule has 0 aromatic heterocycles. The average Bonchev–Trinajstić information content (AvgIpc) is 2.75. The van der Waals surface area contributed by atoms with Crippen LogP contribution in [0.4, 0.5) is 4.79 Å². The van der Waals surface area contributed by atoms with Gasteiger partial charge >= 0.3 is 6.09 Å². The topological polar surface area (TPSA) is 86.3 Å². The summed E-state index contributed by atoms with van der Waals surface area (Å²) in [5, 5.41) is 6.78. The fraction of sp³-hybridized carbons (Fsp3) is 0.591. The first-order valence-electron chi connectivity index (χ1n) is 10.7. The molecule has 174 valence electrons. The molecule has 0 bridgehead atoms. The van der Waals surface area contributed by atoms with Gasteiger partial charge in [0.2, 0.25) is 5.91 Å². The number of piperidine rings is 1. The number of nitrogens with zero attached hydrogens (tertiary/aromatic N) is 3. The predicted molar refractivity (Wildman–Crippen MR) is 134 cm³/mol. The van der Waals surface area contributed by atoms with Gasteiger partial charge in [0.25, 0.3) is 0 Å². The number of benzene rings is 1. The van der Waals surface area contributed by atoms with E-state index in [1.54, 1.807) is 19.0 Å². The number of likely N-dealkylation sites (N-methyl/N-ethyl adjacent to an activating group) is 1. The first-order chi connectivity index (χ1) is 14.5. The van der Waals surface area contributed by atoms with Crippen LogP contribution in [0.25, 0.3) is 0 Å². The van der Waals surface area contributed by atoms with Crippen LogP contribution in [-0.4, -0.2) is 80.7 Å². The zero-order valence-corrected chi connectivity index (χ0v) is 21.1. The molecule has 0 aliphatic carbocycles. The molecule has 0 unspecified atom stereocenters. The third-order valence-corrected chi connectivity index (χ3v) is 5.01. The summed E-state index contributed by atoms with van der Waals surface area (Å²) in [7, 11) is 3.45. The van der Waals surface area contributed by atoms with Gasteiger partial charge in [-0.2, -0.15) is 0 Å². The Morgan fingerprint density at radius 2 is 1.87 bits per heavy atom. The van der Waals surface area contributed by atoms with Gasteiger partial charge in [-0.3, -0.25) is 4.79 Å². The second-order valence-corrected chi connectivity index (χ2v) is 7.57. The van der Waals surface area contributed by atoms with Crippen LogP contribution in [0.1, 0.15) is 31.7 Å². The number of aryl methyl sites for hydroxylation is 1. The van der Waals surface area contributed by atoms with Gasteiger partial charge in [-0.25, -0.2) is 9.79 Å². The number of hydrogen-bond acceptors (Lipinski definition) is 4. The summed E-state index contributed by atoms with van der Waals surface area (Å²) in [6.45, 7) is 4.36. The van der Waals surface area contributed by atoms with E-state index in [4.69, 9.17) is 4.74 Å². The number of amides is 2. The lowest BCUT2D eigenvalue weighted by atomic mass is 10.1. The van der Waals surface area contributed by atoms with Crippen molar-refractivity contribution in [2.45, 2.75) is 38.6 Å². The quantitative estimate of drug-likeness (QED) is 0.227. The Morgan fingerprint density at radius 1 is 1.19 bits per heavy atom. The molecule has 2 N–H and O–H groups in total. The largest absolute Gasteiger partial charge is 0.450 e. The first-order valence-corrected chi connectivity index (χ1v) is 10.7. The normalized spacial score (nSPS) is 14.4. The van der Waals surface area contributed by atoms with Gasteiger partial charge in [0.1, 0.15) is 6.54 Å². The van der Waals surface area contributed by atoms with E-state index in [1.165, 1.54) is 10.5 Å². The van der Waals surface area contributed by atoms with Crippen molar-refractivity contribution < 1.29 is 14.3 Å². The highest BCUT2D eigenvalue weighted by molar-refractivity contribution is 14.0. The van der Waals surface area contributed by atoms with Crippen LogP contribution in [-0.2, 0) is 16.0 Å². The number of carbonyl (C=O) groups is 2. The number of guanidine groups is 1. The van der Waals surface area contributed by atoms with Crippen molar-refractivity contribution in [3.63, 3.8) is 0 Å². The lowest BCUT2D eigenvalue weighted by Crippen LogP contribution is -2.50. The summed E-state index contributed by atoms with van der Waals surface area (Å²) >= 11 is 0. The molecule has 1 aromatic rings. The molecule has 0 atom stereocenters. The van der Waals surface area contributed by atoms with Gasteiger partial charge in [-0.1, -0.05) is 30.3 Å². The van der Waals surface area contributed by atoms with Gasteiger partial charge in [0.05, 0.1) is 6.61 Å². The number of carbonyl (C=O) groups excluding carboxylic acids is 2. The van der Waals surface area contributed by atoms with Crippen LogP contribution in [0.2, 0.25) is 0 Å².